The number of hydrogen-bond acceptors (Lipinski definition) is 6. The number of ether oxygens (including phenoxy) is 2. The molecule has 8 heteroatoms. The molecule has 1 aromatic rings. The summed E-state index contributed by atoms with van der Waals surface area (Å²) >= 11 is 1.12. The third kappa shape index (κ3) is 3.49. The van der Waals surface area contributed by atoms with E-state index in [0.29, 0.717) is 5.01 Å². The van der Waals surface area contributed by atoms with Crippen molar-refractivity contribution in [2.24, 2.45) is 0 Å². The molecule has 0 aliphatic carbocycles. The lowest BCUT2D eigenvalue weighted by Crippen LogP contribution is -2.33. The number of nitrogens with zero attached hydrogens (tertiary/aromatic N) is 1. The molecular formula is C8H14N2O4S2. The fourth-order valence-electron chi connectivity index (χ4n) is 0.978. The molecule has 0 atom stereocenters. The fourth-order valence-corrected chi connectivity index (χ4v) is 3.15. The summed E-state index contributed by atoms with van der Waals surface area (Å²) in [6.45, 7) is 1.81. The Hall–Kier alpha value is -0.540. The van der Waals surface area contributed by atoms with Gasteiger partial charge in [0.15, 0.2) is 10.5 Å². The molecule has 0 saturated carbocycles. The highest BCUT2D eigenvalue weighted by atomic mass is 32.2. The molecule has 0 bridgehead atoms. The lowest BCUT2D eigenvalue weighted by Gasteiger charge is -2.13. The average molecular weight is 266 g/mol. The Morgan fingerprint density at radius 1 is 1.50 bits per heavy atom. The Kier molecular flexibility index (Phi) is 4.81. The highest BCUT2D eigenvalue weighted by Gasteiger charge is 2.18. The number of nitrogens with one attached hydrogen (secondary N) is 1. The van der Waals surface area contributed by atoms with E-state index in [-0.39, 0.29) is 10.8 Å². The van der Waals surface area contributed by atoms with Gasteiger partial charge in [0.25, 0.3) is 10.0 Å². The van der Waals surface area contributed by atoms with Crippen molar-refractivity contribution in [2.75, 3.05) is 20.8 Å². The number of methoxy groups -OCH3 is 2. The smallest absolute Gasteiger partial charge is 0.251 e. The largest absolute Gasteiger partial charge is 0.355 e. The second-order valence-corrected chi connectivity index (χ2v) is 6.18. The van der Waals surface area contributed by atoms with Gasteiger partial charge in [0.2, 0.25) is 0 Å². The van der Waals surface area contributed by atoms with Gasteiger partial charge < -0.3 is 9.47 Å². The third-order valence-corrected chi connectivity index (χ3v) is 4.63. The van der Waals surface area contributed by atoms with E-state index in [2.05, 4.69) is 9.71 Å². The maximum atomic E-state index is 11.7. The minimum Gasteiger partial charge on any atom is -0.355 e. The topological polar surface area (TPSA) is 77.5 Å². The van der Waals surface area contributed by atoms with Crippen LogP contribution < -0.4 is 4.72 Å². The average Bonchev–Trinajstić information content (AvgIpc) is 2.67. The van der Waals surface area contributed by atoms with Crippen LogP contribution in [0.4, 0.5) is 0 Å². The van der Waals surface area contributed by atoms with E-state index in [1.807, 2.05) is 0 Å². The maximum Gasteiger partial charge on any atom is 0.251 e. The SMILES string of the molecule is COC(CNS(=O)(=O)c1cnc(C)s1)OC. The first-order valence-corrected chi connectivity index (χ1v) is 6.77. The van der Waals surface area contributed by atoms with Crippen LogP contribution in [0.3, 0.4) is 0 Å². The van der Waals surface area contributed by atoms with Crippen molar-refractivity contribution in [3.05, 3.63) is 11.2 Å². The first kappa shape index (κ1) is 13.5. The molecule has 1 heterocycles. The minimum absolute atomic E-state index is 0.0618. The van der Waals surface area contributed by atoms with Gasteiger partial charge in [-0.1, -0.05) is 0 Å². The Morgan fingerprint density at radius 2 is 2.12 bits per heavy atom. The normalized spacial score (nSPS) is 12.2. The van der Waals surface area contributed by atoms with E-state index in [9.17, 15) is 8.42 Å². The number of sulfonamides is 1. The molecule has 1 rings (SSSR count). The van der Waals surface area contributed by atoms with Gasteiger partial charge in [-0.2, -0.15) is 0 Å². The fraction of sp³-hybridized carbons (Fsp3) is 0.625. The van der Waals surface area contributed by atoms with E-state index in [0.717, 1.165) is 11.3 Å². The minimum atomic E-state index is -3.51. The predicted octanol–water partition coefficient (Wildman–Crippen LogP) is 0.349. The molecule has 92 valence electrons. The summed E-state index contributed by atoms with van der Waals surface area (Å²) in [5.74, 6) is 0. The van der Waals surface area contributed by atoms with Gasteiger partial charge in [0.05, 0.1) is 17.7 Å². The molecule has 0 aliphatic rings. The lowest BCUT2D eigenvalue weighted by molar-refractivity contribution is -0.0960. The lowest BCUT2D eigenvalue weighted by atomic mass is 10.6. The Bertz CT molecular complexity index is 425. The standard InChI is InChI=1S/C8H14N2O4S2/c1-6-9-5-8(15-6)16(11,12)10-4-7(13-2)14-3/h5,7,10H,4H2,1-3H3. The van der Waals surface area contributed by atoms with E-state index >= 15 is 0 Å². The maximum absolute atomic E-state index is 11.7. The number of hydrogen-bond donors (Lipinski definition) is 1. The van der Waals surface area contributed by atoms with Gasteiger partial charge in [0.1, 0.15) is 0 Å². The number of rotatable bonds is 6. The molecular weight excluding hydrogens is 252 g/mol. The number of aromatic nitrogens is 1. The molecule has 0 amide bonds. The van der Waals surface area contributed by atoms with Crippen LogP contribution in [0.2, 0.25) is 0 Å². The summed E-state index contributed by atoms with van der Waals surface area (Å²) in [5.41, 5.74) is 0. The van der Waals surface area contributed by atoms with Crippen molar-refractivity contribution in [3.8, 4) is 0 Å². The van der Waals surface area contributed by atoms with Crippen molar-refractivity contribution in [3.63, 3.8) is 0 Å². The summed E-state index contributed by atoms with van der Waals surface area (Å²) in [6.07, 6.45) is 0.737. The van der Waals surface area contributed by atoms with Crippen LogP contribution in [0.1, 0.15) is 5.01 Å². The highest BCUT2D eigenvalue weighted by molar-refractivity contribution is 7.91. The van der Waals surface area contributed by atoms with Crippen molar-refractivity contribution < 1.29 is 17.9 Å². The Labute approximate surface area is 98.7 Å². The van der Waals surface area contributed by atoms with Crippen LogP contribution in [0, 0.1) is 6.92 Å². The van der Waals surface area contributed by atoms with Crippen molar-refractivity contribution in [1.29, 1.82) is 0 Å². The van der Waals surface area contributed by atoms with E-state index < -0.39 is 16.3 Å². The van der Waals surface area contributed by atoms with Gasteiger partial charge in [-0.15, -0.1) is 11.3 Å². The molecule has 0 radical (unpaired) electrons. The van der Waals surface area contributed by atoms with E-state index in [1.165, 1.54) is 20.4 Å². The first-order chi connectivity index (χ1) is 7.49. The number of aryl methyl sites for hydroxylation is 1. The van der Waals surface area contributed by atoms with Crippen molar-refractivity contribution in [2.45, 2.75) is 17.4 Å². The molecule has 1 N–H and O–H groups in total. The van der Waals surface area contributed by atoms with Crippen molar-refractivity contribution >= 4 is 21.4 Å². The van der Waals surface area contributed by atoms with E-state index in [1.54, 1.807) is 6.92 Å². The van der Waals surface area contributed by atoms with Gasteiger partial charge in [-0.25, -0.2) is 18.1 Å². The molecule has 0 aromatic carbocycles. The van der Waals surface area contributed by atoms with Gasteiger partial charge in [0, 0.05) is 14.2 Å². The zero-order chi connectivity index (χ0) is 12.2. The molecule has 6 nitrogen and oxygen atoms in total. The van der Waals surface area contributed by atoms with Gasteiger partial charge >= 0.3 is 0 Å². The molecule has 0 fully saturated rings. The monoisotopic (exact) mass is 266 g/mol. The van der Waals surface area contributed by atoms with Gasteiger partial charge in [-0.05, 0) is 6.92 Å². The first-order valence-electron chi connectivity index (χ1n) is 4.47. The molecule has 0 unspecified atom stereocenters. The molecule has 16 heavy (non-hydrogen) atoms. The Balaban J connectivity index is 2.66. The molecule has 0 saturated heterocycles. The molecule has 0 spiro atoms. The Morgan fingerprint density at radius 3 is 2.56 bits per heavy atom. The zero-order valence-corrected chi connectivity index (χ0v) is 10.9. The van der Waals surface area contributed by atoms with Crippen LogP contribution in [0.15, 0.2) is 10.4 Å². The van der Waals surface area contributed by atoms with Crippen LogP contribution in [-0.2, 0) is 19.5 Å². The quantitative estimate of drug-likeness (QED) is 0.752. The van der Waals surface area contributed by atoms with Gasteiger partial charge in [-0.3, -0.25) is 0 Å². The highest BCUT2D eigenvalue weighted by Crippen LogP contribution is 2.17. The second-order valence-electron chi connectivity index (χ2n) is 2.95. The van der Waals surface area contributed by atoms with Crippen LogP contribution >= 0.6 is 11.3 Å². The molecule has 0 aliphatic heterocycles. The third-order valence-electron chi connectivity index (χ3n) is 1.83. The summed E-state index contributed by atoms with van der Waals surface area (Å²) in [6, 6.07) is 0. The summed E-state index contributed by atoms with van der Waals surface area (Å²) in [5, 5.41) is 0.704. The van der Waals surface area contributed by atoms with Crippen LogP contribution in [0.5, 0.6) is 0 Å². The summed E-state index contributed by atoms with van der Waals surface area (Å²) < 4.78 is 35.8. The van der Waals surface area contributed by atoms with Crippen LogP contribution in [0.25, 0.3) is 0 Å². The van der Waals surface area contributed by atoms with Crippen LogP contribution in [-0.4, -0.2) is 40.5 Å². The predicted molar refractivity (Wildman–Crippen MR) is 59.8 cm³/mol. The van der Waals surface area contributed by atoms with E-state index in [4.69, 9.17) is 9.47 Å². The number of thiazole rings is 1. The zero-order valence-electron chi connectivity index (χ0n) is 9.26. The molecule has 1 aromatic heterocycles. The summed E-state index contributed by atoms with van der Waals surface area (Å²) in [4.78, 5) is 3.89. The summed E-state index contributed by atoms with van der Waals surface area (Å²) in [7, 11) is -0.621. The van der Waals surface area contributed by atoms with Crippen molar-refractivity contribution in [1.82, 2.24) is 9.71 Å². The second kappa shape index (κ2) is 5.69.